The molecular formula is C25H31F2N3O2. The number of likely N-dealkylation sites (tertiary alicyclic amines) is 1. The number of amides is 2. The lowest BCUT2D eigenvalue weighted by Gasteiger charge is -2.27. The number of benzene rings is 2. The third-order valence-corrected chi connectivity index (χ3v) is 5.84. The molecule has 5 nitrogen and oxygen atoms in total. The van der Waals surface area contributed by atoms with Crippen LogP contribution in [0.15, 0.2) is 42.5 Å². The Kier molecular flexibility index (Phi) is 8.33. The van der Waals surface area contributed by atoms with Crippen molar-refractivity contribution in [3.05, 3.63) is 70.8 Å². The maximum Gasteiger partial charge on any atom is 0.257 e. The SMILES string of the molecule is CC(C)[C@H](NC(=O)c1c(F)cccc1F)C(=O)NCc1ccccc1CN1CCCCC1. The number of nitrogens with zero attached hydrogens (tertiary/aromatic N) is 1. The van der Waals surface area contributed by atoms with E-state index in [0.717, 1.165) is 42.9 Å². The van der Waals surface area contributed by atoms with Crippen LogP contribution >= 0.6 is 0 Å². The maximum absolute atomic E-state index is 14.0. The van der Waals surface area contributed by atoms with Crippen molar-refractivity contribution in [1.82, 2.24) is 15.5 Å². The molecule has 0 saturated carbocycles. The largest absolute Gasteiger partial charge is 0.350 e. The van der Waals surface area contributed by atoms with Crippen LogP contribution in [0.25, 0.3) is 0 Å². The first-order chi connectivity index (χ1) is 15.4. The second kappa shape index (κ2) is 11.2. The number of rotatable bonds is 8. The molecule has 0 radical (unpaired) electrons. The van der Waals surface area contributed by atoms with Gasteiger partial charge in [0.2, 0.25) is 5.91 Å². The summed E-state index contributed by atoms with van der Waals surface area (Å²) in [5.41, 5.74) is 1.49. The van der Waals surface area contributed by atoms with Crippen LogP contribution in [0, 0.1) is 17.6 Å². The third-order valence-electron chi connectivity index (χ3n) is 5.84. The van der Waals surface area contributed by atoms with E-state index in [9.17, 15) is 18.4 Å². The molecule has 2 aromatic rings. The van der Waals surface area contributed by atoms with Crippen molar-refractivity contribution >= 4 is 11.8 Å². The van der Waals surface area contributed by atoms with Gasteiger partial charge in [-0.1, -0.05) is 50.6 Å². The standard InChI is InChI=1S/C25H31F2N3O2/c1-17(2)23(29-24(31)22-20(26)11-8-12-21(22)27)25(32)28-15-18-9-4-5-10-19(18)16-30-13-6-3-7-14-30/h4-5,8-12,17,23H,3,6-7,13-16H2,1-2H3,(H,28,32)(H,29,31)/t23-/m0/s1. The molecule has 1 aliphatic heterocycles. The summed E-state index contributed by atoms with van der Waals surface area (Å²) in [5, 5.41) is 5.38. The van der Waals surface area contributed by atoms with Gasteiger partial charge in [-0.25, -0.2) is 8.78 Å². The van der Waals surface area contributed by atoms with E-state index in [2.05, 4.69) is 21.6 Å². The maximum atomic E-state index is 14.0. The van der Waals surface area contributed by atoms with E-state index in [4.69, 9.17) is 0 Å². The van der Waals surface area contributed by atoms with Gasteiger partial charge in [-0.05, 0) is 55.1 Å². The molecule has 172 valence electrons. The number of nitrogens with one attached hydrogen (secondary N) is 2. The van der Waals surface area contributed by atoms with Crippen molar-refractivity contribution < 1.29 is 18.4 Å². The smallest absolute Gasteiger partial charge is 0.257 e. The fourth-order valence-corrected chi connectivity index (χ4v) is 4.00. The Balaban J connectivity index is 1.65. The molecule has 1 aliphatic rings. The van der Waals surface area contributed by atoms with Crippen LogP contribution in [-0.4, -0.2) is 35.8 Å². The average molecular weight is 444 g/mol. The quantitative estimate of drug-likeness (QED) is 0.648. The zero-order chi connectivity index (χ0) is 23.1. The van der Waals surface area contributed by atoms with Crippen LogP contribution in [0.2, 0.25) is 0 Å². The molecule has 0 bridgehead atoms. The highest BCUT2D eigenvalue weighted by Crippen LogP contribution is 2.17. The van der Waals surface area contributed by atoms with Gasteiger partial charge in [-0.3, -0.25) is 14.5 Å². The predicted molar refractivity (Wildman–Crippen MR) is 120 cm³/mol. The summed E-state index contributed by atoms with van der Waals surface area (Å²) in [6.07, 6.45) is 3.68. The molecule has 1 heterocycles. The highest BCUT2D eigenvalue weighted by atomic mass is 19.1. The van der Waals surface area contributed by atoms with E-state index < -0.39 is 35.1 Å². The third kappa shape index (κ3) is 6.13. The van der Waals surface area contributed by atoms with Crippen molar-refractivity contribution in [3.63, 3.8) is 0 Å². The summed E-state index contributed by atoms with van der Waals surface area (Å²) >= 11 is 0. The summed E-state index contributed by atoms with van der Waals surface area (Å²) in [6, 6.07) is 10.3. The predicted octanol–water partition coefficient (Wildman–Crippen LogP) is 4.02. The Bertz CT molecular complexity index is 922. The number of piperidine rings is 1. The minimum atomic E-state index is -0.961. The molecule has 7 heteroatoms. The number of hydrogen-bond acceptors (Lipinski definition) is 3. The van der Waals surface area contributed by atoms with Crippen molar-refractivity contribution in [3.8, 4) is 0 Å². The second-order valence-electron chi connectivity index (χ2n) is 8.62. The lowest BCUT2D eigenvalue weighted by molar-refractivity contribution is -0.124. The molecule has 0 aliphatic carbocycles. The topological polar surface area (TPSA) is 61.4 Å². The van der Waals surface area contributed by atoms with Gasteiger partial charge in [0.05, 0.1) is 0 Å². The number of carbonyl (C=O) groups is 2. The molecule has 0 unspecified atom stereocenters. The lowest BCUT2D eigenvalue weighted by atomic mass is 10.0. The minimum absolute atomic E-state index is 0.266. The summed E-state index contributed by atoms with van der Waals surface area (Å²) in [5.74, 6) is -3.52. The molecule has 1 saturated heterocycles. The van der Waals surface area contributed by atoms with Gasteiger partial charge in [0, 0.05) is 13.1 Å². The fourth-order valence-electron chi connectivity index (χ4n) is 4.00. The van der Waals surface area contributed by atoms with Crippen LogP contribution in [0.1, 0.15) is 54.6 Å². The van der Waals surface area contributed by atoms with Gasteiger partial charge in [0.15, 0.2) is 0 Å². The minimum Gasteiger partial charge on any atom is -0.350 e. The van der Waals surface area contributed by atoms with Crippen molar-refractivity contribution in [2.45, 2.75) is 52.2 Å². The molecule has 2 amide bonds. The van der Waals surface area contributed by atoms with Gasteiger partial charge in [-0.15, -0.1) is 0 Å². The Morgan fingerprint density at radius 3 is 2.19 bits per heavy atom. The van der Waals surface area contributed by atoms with Crippen LogP contribution < -0.4 is 10.6 Å². The van der Waals surface area contributed by atoms with Gasteiger partial charge in [-0.2, -0.15) is 0 Å². The Hall–Kier alpha value is -2.80. The van der Waals surface area contributed by atoms with Gasteiger partial charge < -0.3 is 10.6 Å². The van der Waals surface area contributed by atoms with Crippen molar-refractivity contribution in [2.24, 2.45) is 5.92 Å². The van der Waals surface area contributed by atoms with E-state index in [1.54, 1.807) is 13.8 Å². The summed E-state index contributed by atoms with van der Waals surface area (Å²) in [4.78, 5) is 27.8. The molecule has 1 fully saturated rings. The van der Waals surface area contributed by atoms with Crippen molar-refractivity contribution in [2.75, 3.05) is 13.1 Å². The normalized spacial score (nSPS) is 15.4. The van der Waals surface area contributed by atoms with E-state index >= 15 is 0 Å². The monoisotopic (exact) mass is 443 g/mol. The highest BCUT2D eigenvalue weighted by Gasteiger charge is 2.27. The fraction of sp³-hybridized carbons (Fsp3) is 0.440. The van der Waals surface area contributed by atoms with Gasteiger partial charge >= 0.3 is 0 Å². The highest BCUT2D eigenvalue weighted by molar-refractivity contribution is 5.98. The molecule has 1 atom stereocenters. The second-order valence-corrected chi connectivity index (χ2v) is 8.62. The van der Waals surface area contributed by atoms with Crippen molar-refractivity contribution in [1.29, 1.82) is 0 Å². The molecule has 0 spiro atoms. The van der Waals surface area contributed by atoms with Crippen LogP contribution in [-0.2, 0) is 17.9 Å². The molecule has 3 rings (SSSR count). The van der Waals surface area contributed by atoms with Crippen LogP contribution in [0.5, 0.6) is 0 Å². The Labute approximate surface area is 188 Å². The van der Waals surface area contributed by atoms with Gasteiger partial charge in [0.1, 0.15) is 23.2 Å². The number of halogens is 2. The first-order valence-electron chi connectivity index (χ1n) is 11.2. The first-order valence-corrected chi connectivity index (χ1v) is 11.2. The zero-order valence-corrected chi connectivity index (χ0v) is 18.7. The summed E-state index contributed by atoms with van der Waals surface area (Å²) in [7, 11) is 0. The van der Waals surface area contributed by atoms with E-state index in [1.165, 1.54) is 25.3 Å². The zero-order valence-electron chi connectivity index (χ0n) is 18.7. The summed E-state index contributed by atoms with van der Waals surface area (Å²) in [6.45, 7) is 6.85. The van der Waals surface area contributed by atoms with Crippen LogP contribution in [0.4, 0.5) is 8.78 Å². The lowest BCUT2D eigenvalue weighted by Crippen LogP contribution is -2.49. The molecule has 2 N–H and O–H groups in total. The Morgan fingerprint density at radius 2 is 1.56 bits per heavy atom. The Morgan fingerprint density at radius 1 is 0.938 bits per heavy atom. The molecule has 0 aromatic heterocycles. The van der Waals surface area contributed by atoms with Crippen LogP contribution in [0.3, 0.4) is 0 Å². The molecular weight excluding hydrogens is 412 g/mol. The molecule has 32 heavy (non-hydrogen) atoms. The van der Waals surface area contributed by atoms with E-state index in [0.29, 0.717) is 6.54 Å². The van der Waals surface area contributed by atoms with E-state index in [-0.39, 0.29) is 5.92 Å². The number of hydrogen-bond donors (Lipinski definition) is 2. The number of carbonyl (C=O) groups excluding carboxylic acids is 2. The first kappa shape index (κ1) is 23.9. The summed E-state index contributed by atoms with van der Waals surface area (Å²) < 4.78 is 27.9. The van der Waals surface area contributed by atoms with E-state index in [1.807, 2.05) is 18.2 Å². The van der Waals surface area contributed by atoms with Gasteiger partial charge in [0.25, 0.3) is 5.91 Å². The molecule has 2 aromatic carbocycles. The average Bonchev–Trinajstić information content (AvgIpc) is 2.77.